The molecule has 1 aromatic rings. The fourth-order valence-electron chi connectivity index (χ4n) is 1.13. The number of nitrogens with one attached hydrogen (secondary N) is 1. The largest absolute Gasteiger partial charge is 0.389 e. The molecule has 0 aliphatic carbocycles. The smallest absolute Gasteiger partial charge is 0.311 e. The molecule has 16 heavy (non-hydrogen) atoms. The zero-order valence-electron chi connectivity index (χ0n) is 9.52. The van der Waals surface area contributed by atoms with Crippen LogP contribution in [0.25, 0.3) is 0 Å². The van der Waals surface area contributed by atoms with Crippen molar-refractivity contribution in [2.24, 2.45) is 0 Å². The van der Waals surface area contributed by atoms with Gasteiger partial charge in [0.15, 0.2) is 0 Å². The number of aliphatic hydroxyl groups is 1. The van der Waals surface area contributed by atoms with Gasteiger partial charge in [-0.2, -0.15) is 0 Å². The summed E-state index contributed by atoms with van der Waals surface area (Å²) < 4.78 is 0. The molecule has 6 heteroatoms. The van der Waals surface area contributed by atoms with Crippen LogP contribution in [0.2, 0.25) is 0 Å². The highest BCUT2D eigenvalue weighted by atomic mass is 16.6. The second-order valence-corrected chi connectivity index (χ2v) is 4.30. The third-order valence-corrected chi connectivity index (χ3v) is 1.89. The van der Waals surface area contributed by atoms with Gasteiger partial charge in [0.05, 0.1) is 10.5 Å². The second kappa shape index (κ2) is 4.44. The number of nitrogens with zero attached hydrogens (tertiary/aromatic N) is 2. The molecule has 1 rings (SSSR count). The van der Waals surface area contributed by atoms with Crippen molar-refractivity contribution in [2.75, 3.05) is 11.9 Å². The van der Waals surface area contributed by atoms with Crippen LogP contribution in [0.15, 0.2) is 12.3 Å². The minimum absolute atomic E-state index is 0.0794. The maximum atomic E-state index is 10.8. The van der Waals surface area contributed by atoms with E-state index in [2.05, 4.69) is 10.3 Å². The topological polar surface area (TPSA) is 88.3 Å². The van der Waals surface area contributed by atoms with Gasteiger partial charge in [-0.25, -0.2) is 4.98 Å². The Kier molecular flexibility index (Phi) is 3.44. The van der Waals surface area contributed by atoms with Gasteiger partial charge in [-0.05, 0) is 26.3 Å². The zero-order chi connectivity index (χ0) is 12.3. The van der Waals surface area contributed by atoms with E-state index in [1.165, 1.54) is 6.07 Å². The number of hydrogen-bond donors (Lipinski definition) is 2. The summed E-state index contributed by atoms with van der Waals surface area (Å²) in [6, 6.07) is 1.44. The summed E-state index contributed by atoms with van der Waals surface area (Å²) in [6.07, 6.45) is 1.54. The Morgan fingerprint density at radius 1 is 1.62 bits per heavy atom. The summed E-state index contributed by atoms with van der Waals surface area (Å²) in [5.41, 5.74) is -0.301. The lowest BCUT2D eigenvalue weighted by atomic mass is 10.1. The fraction of sp³-hybridized carbons (Fsp3) is 0.500. The Morgan fingerprint density at radius 3 is 2.75 bits per heavy atom. The SMILES string of the molecule is Cc1cnc(NCC(C)(C)O)c([N+](=O)[O-])c1. The van der Waals surface area contributed by atoms with Crippen LogP contribution in [0.1, 0.15) is 19.4 Å². The molecule has 0 unspecified atom stereocenters. The number of pyridine rings is 1. The van der Waals surface area contributed by atoms with E-state index in [1.807, 2.05) is 0 Å². The number of nitro groups is 1. The normalized spacial score (nSPS) is 11.2. The van der Waals surface area contributed by atoms with E-state index in [0.717, 1.165) is 5.56 Å². The van der Waals surface area contributed by atoms with Gasteiger partial charge in [-0.3, -0.25) is 10.1 Å². The molecule has 0 aliphatic heterocycles. The molecular weight excluding hydrogens is 210 g/mol. The average molecular weight is 225 g/mol. The summed E-state index contributed by atoms with van der Waals surface area (Å²) in [6.45, 7) is 5.16. The molecule has 6 nitrogen and oxygen atoms in total. The molecule has 0 aromatic carbocycles. The maximum absolute atomic E-state index is 10.8. The molecule has 1 aromatic heterocycles. The monoisotopic (exact) mass is 225 g/mol. The van der Waals surface area contributed by atoms with Gasteiger partial charge in [-0.1, -0.05) is 0 Å². The molecule has 0 saturated carbocycles. The van der Waals surface area contributed by atoms with Crippen LogP contribution in [0, 0.1) is 17.0 Å². The lowest BCUT2D eigenvalue weighted by Gasteiger charge is -2.17. The maximum Gasteiger partial charge on any atom is 0.311 e. The van der Waals surface area contributed by atoms with Crippen LogP contribution >= 0.6 is 0 Å². The number of anilines is 1. The molecule has 0 spiro atoms. The summed E-state index contributed by atoms with van der Waals surface area (Å²) in [7, 11) is 0. The van der Waals surface area contributed by atoms with Crippen LogP contribution < -0.4 is 5.32 Å². The van der Waals surface area contributed by atoms with E-state index in [4.69, 9.17) is 0 Å². The minimum atomic E-state index is -0.944. The van der Waals surface area contributed by atoms with E-state index >= 15 is 0 Å². The molecular formula is C10H15N3O3. The first-order valence-electron chi connectivity index (χ1n) is 4.87. The van der Waals surface area contributed by atoms with Gasteiger partial charge in [0, 0.05) is 18.8 Å². The van der Waals surface area contributed by atoms with Gasteiger partial charge < -0.3 is 10.4 Å². The zero-order valence-corrected chi connectivity index (χ0v) is 9.52. The minimum Gasteiger partial charge on any atom is -0.389 e. The third kappa shape index (κ3) is 3.47. The average Bonchev–Trinajstić information content (AvgIpc) is 2.14. The van der Waals surface area contributed by atoms with Crippen LogP contribution in [0.4, 0.5) is 11.5 Å². The van der Waals surface area contributed by atoms with Gasteiger partial charge in [0.1, 0.15) is 0 Å². The lowest BCUT2D eigenvalue weighted by Crippen LogP contribution is -2.29. The van der Waals surface area contributed by atoms with Crippen molar-refractivity contribution in [3.63, 3.8) is 0 Å². The highest BCUT2D eigenvalue weighted by Crippen LogP contribution is 2.22. The lowest BCUT2D eigenvalue weighted by molar-refractivity contribution is -0.384. The predicted octanol–water partition coefficient (Wildman–Crippen LogP) is 1.48. The van der Waals surface area contributed by atoms with E-state index in [0.29, 0.717) is 0 Å². The highest BCUT2D eigenvalue weighted by molar-refractivity contribution is 5.56. The van der Waals surface area contributed by atoms with Gasteiger partial charge >= 0.3 is 5.69 Å². The van der Waals surface area contributed by atoms with E-state index in [1.54, 1.807) is 27.0 Å². The third-order valence-electron chi connectivity index (χ3n) is 1.89. The first-order chi connectivity index (χ1) is 7.29. The van der Waals surface area contributed by atoms with Crippen LogP contribution in [-0.4, -0.2) is 27.2 Å². The molecule has 0 saturated heterocycles. The standard InChI is InChI=1S/C10H15N3O3/c1-7-4-8(13(15)16)9(11-5-7)12-6-10(2,3)14/h4-5,14H,6H2,1-3H3,(H,11,12). The van der Waals surface area contributed by atoms with Crippen LogP contribution in [-0.2, 0) is 0 Å². The molecule has 2 N–H and O–H groups in total. The van der Waals surface area contributed by atoms with Crippen molar-refractivity contribution in [2.45, 2.75) is 26.4 Å². The quantitative estimate of drug-likeness (QED) is 0.598. The van der Waals surface area contributed by atoms with Crippen molar-refractivity contribution in [3.8, 4) is 0 Å². The molecule has 1 heterocycles. The van der Waals surface area contributed by atoms with Crippen LogP contribution in [0.5, 0.6) is 0 Å². The first-order valence-corrected chi connectivity index (χ1v) is 4.87. The van der Waals surface area contributed by atoms with Gasteiger partial charge in [0.25, 0.3) is 0 Å². The molecule has 0 atom stereocenters. The van der Waals surface area contributed by atoms with Crippen molar-refractivity contribution in [1.82, 2.24) is 4.98 Å². The molecule has 0 fully saturated rings. The molecule has 0 amide bonds. The number of hydrogen-bond acceptors (Lipinski definition) is 5. The van der Waals surface area contributed by atoms with Crippen molar-refractivity contribution < 1.29 is 10.0 Å². The molecule has 0 aliphatic rings. The second-order valence-electron chi connectivity index (χ2n) is 4.30. The van der Waals surface area contributed by atoms with Crippen molar-refractivity contribution >= 4 is 11.5 Å². The van der Waals surface area contributed by atoms with E-state index < -0.39 is 10.5 Å². The Labute approximate surface area is 93.5 Å². The van der Waals surface area contributed by atoms with E-state index in [9.17, 15) is 15.2 Å². The van der Waals surface area contributed by atoms with Gasteiger partial charge in [0.2, 0.25) is 5.82 Å². The molecule has 88 valence electrons. The highest BCUT2D eigenvalue weighted by Gasteiger charge is 2.18. The van der Waals surface area contributed by atoms with Crippen molar-refractivity contribution in [3.05, 3.63) is 27.9 Å². The summed E-state index contributed by atoms with van der Waals surface area (Å²) in [4.78, 5) is 14.2. The van der Waals surface area contributed by atoms with E-state index in [-0.39, 0.29) is 18.1 Å². The first kappa shape index (κ1) is 12.4. The predicted molar refractivity (Wildman–Crippen MR) is 60.4 cm³/mol. The number of aromatic nitrogens is 1. The van der Waals surface area contributed by atoms with Crippen molar-refractivity contribution in [1.29, 1.82) is 0 Å². The Morgan fingerprint density at radius 2 is 2.25 bits per heavy atom. The summed E-state index contributed by atoms with van der Waals surface area (Å²) in [5.74, 6) is 0.178. The Hall–Kier alpha value is -1.69. The fourth-order valence-corrected chi connectivity index (χ4v) is 1.13. The Balaban J connectivity index is 2.91. The number of rotatable bonds is 4. The summed E-state index contributed by atoms with van der Waals surface area (Å²) in [5, 5.41) is 23.0. The van der Waals surface area contributed by atoms with Gasteiger partial charge in [-0.15, -0.1) is 0 Å². The molecule has 0 bridgehead atoms. The summed E-state index contributed by atoms with van der Waals surface area (Å²) >= 11 is 0. The Bertz CT molecular complexity index is 399. The number of aryl methyl sites for hydroxylation is 1. The molecule has 0 radical (unpaired) electrons. The van der Waals surface area contributed by atoms with Crippen LogP contribution in [0.3, 0.4) is 0 Å².